The molecular formula is C19H19FN4O. The number of hydrogen-bond donors (Lipinski definition) is 1. The van der Waals surface area contributed by atoms with Crippen molar-refractivity contribution in [1.82, 2.24) is 19.5 Å². The van der Waals surface area contributed by atoms with Crippen LogP contribution in [-0.4, -0.2) is 24.6 Å². The lowest BCUT2D eigenvalue weighted by molar-refractivity contribution is 0.0687. The lowest BCUT2D eigenvalue weighted by Gasteiger charge is -2.15. The molecule has 1 N–H and O–H groups in total. The van der Waals surface area contributed by atoms with Crippen molar-refractivity contribution < 1.29 is 9.50 Å². The highest BCUT2D eigenvalue weighted by Crippen LogP contribution is 2.59. The molecule has 25 heavy (non-hydrogen) atoms. The second-order valence-electron chi connectivity index (χ2n) is 7.80. The van der Waals surface area contributed by atoms with Crippen LogP contribution in [0.2, 0.25) is 0 Å². The van der Waals surface area contributed by atoms with E-state index in [2.05, 4.69) is 26.4 Å². The minimum Gasteiger partial charge on any atom is -0.382 e. The van der Waals surface area contributed by atoms with Crippen molar-refractivity contribution in [3.63, 3.8) is 0 Å². The van der Waals surface area contributed by atoms with Crippen LogP contribution >= 0.6 is 0 Å². The summed E-state index contributed by atoms with van der Waals surface area (Å²) in [5.74, 6) is 3.00. The van der Waals surface area contributed by atoms with Gasteiger partial charge >= 0.3 is 0 Å². The molecule has 5 nitrogen and oxygen atoms in total. The highest BCUT2D eigenvalue weighted by Gasteiger charge is 2.55. The van der Waals surface area contributed by atoms with E-state index >= 15 is 0 Å². The number of aliphatic hydroxyl groups is 1. The summed E-state index contributed by atoms with van der Waals surface area (Å²) in [5.41, 5.74) is 1.62. The number of imidazole rings is 1. The van der Waals surface area contributed by atoms with Gasteiger partial charge in [-0.15, -0.1) is 0 Å². The SMILES string of the molecule is CC1C2Cn3c(nc4cc(F)c(-c5cnc(C(C)(C)O)nc5)cc43)C12. The van der Waals surface area contributed by atoms with E-state index < -0.39 is 5.60 Å². The Bertz CT molecular complexity index is 1000. The normalized spacial score (nSPS) is 24.4. The van der Waals surface area contributed by atoms with E-state index in [0.717, 1.165) is 17.9 Å². The highest BCUT2D eigenvalue weighted by molar-refractivity contribution is 5.83. The minimum absolute atomic E-state index is 0.317. The maximum atomic E-state index is 14.6. The molecule has 1 aliphatic heterocycles. The molecule has 2 aliphatic rings. The lowest BCUT2D eigenvalue weighted by atomic mass is 10.1. The summed E-state index contributed by atoms with van der Waals surface area (Å²) in [4.78, 5) is 13.0. The summed E-state index contributed by atoms with van der Waals surface area (Å²) in [5, 5.41) is 9.96. The molecule has 6 heteroatoms. The zero-order chi connectivity index (χ0) is 17.5. The summed E-state index contributed by atoms with van der Waals surface area (Å²) in [7, 11) is 0. The molecule has 0 radical (unpaired) electrons. The Balaban J connectivity index is 1.61. The number of fused-ring (bicyclic) bond motifs is 5. The van der Waals surface area contributed by atoms with Gasteiger partial charge in [0.1, 0.15) is 17.2 Å². The van der Waals surface area contributed by atoms with Gasteiger partial charge < -0.3 is 9.67 Å². The van der Waals surface area contributed by atoms with E-state index in [0.29, 0.717) is 40.2 Å². The van der Waals surface area contributed by atoms with Crippen molar-refractivity contribution in [1.29, 1.82) is 0 Å². The van der Waals surface area contributed by atoms with Gasteiger partial charge in [-0.1, -0.05) is 6.92 Å². The first-order chi connectivity index (χ1) is 11.8. The standard InChI is InChI=1S/C19H19FN4O/c1-9-12-8-24-15-4-11(10-6-21-18(22-7-10)19(2,3)25)13(20)5-14(15)23-17(24)16(9)12/h4-7,9,12,16,25H,8H2,1-3H3. The van der Waals surface area contributed by atoms with Crippen LogP contribution in [0.1, 0.15) is 38.3 Å². The van der Waals surface area contributed by atoms with Crippen molar-refractivity contribution >= 4 is 11.0 Å². The zero-order valence-electron chi connectivity index (χ0n) is 14.4. The number of hydrogen-bond acceptors (Lipinski definition) is 4. The average molecular weight is 338 g/mol. The van der Waals surface area contributed by atoms with Crippen LogP contribution in [0.25, 0.3) is 22.2 Å². The highest BCUT2D eigenvalue weighted by atomic mass is 19.1. The summed E-state index contributed by atoms with van der Waals surface area (Å²) < 4.78 is 16.9. The van der Waals surface area contributed by atoms with Crippen LogP contribution in [0.3, 0.4) is 0 Å². The molecule has 3 unspecified atom stereocenters. The molecule has 3 aromatic rings. The van der Waals surface area contributed by atoms with E-state index in [1.165, 1.54) is 6.07 Å². The largest absolute Gasteiger partial charge is 0.382 e. The third-order valence-electron chi connectivity index (χ3n) is 5.63. The first-order valence-electron chi connectivity index (χ1n) is 8.59. The van der Waals surface area contributed by atoms with Gasteiger partial charge in [0.05, 0.1) is 11.0 Å². The maximum absolute atomic E-state index is 14.6. The number of halogens is 1. The summed E-state index contributed by atoms with van der Waals surface area (Å²) in [6.07, 6.45) is 3.12. The Morgan fingerprint density at radius 1 is 1.24 bits per heavy atom. The van der Waals surface area contributed by atoms with Gasteiger partial charge in [0.2, 0.25) is 0 Å². The van der Waals surface area contributed by atoms with E-state index in [9.17, 15) is 9.50 Å². The van der Waals surface area contributed by atoms with Crippen LogP contribution in [-0.2, 0) is 12.1 Å². The van der Waals surface area contributed by atoms with Gasteiger partial charge in [0, 0.05) is 42.0 Å². The van der Waals surface area contributed by atoms with E-state index in [1.54, 1.807) is 26.2 Å². The van der Waals surface area contributed by atoms with Gasteiger partial charge in [-0.25, -0.2) is 19.3 Å². The molecule has 1 aliphatic carbocycles. The third-order valence-corrected chi connectivity index (χ3v) is 5.63. The van der Waals surface area contributed by atoms with Crippen LogP contribution in [0.5, 0.6) is 0 Å². The third kappa shape index (κ3) is 2.07. The minimum atomic E-state index is -1.12. The van der Waals surface area contributed by atoms with Crippen LogP contribution in [0.4, 0.5) is 4.39 Å². The fraction of sp³-hybridized carbons (Fsp3) is 0.421. The van der Waals surface area contributed by atoms with Gasteiger partial charge in [-0.2, -0.15) is 0 Å². The molecule has 2 aromatic heterocycles. The van der Waals surface area contributed by atoms with Crippen LogP contribution < -0.4 is 0 Å². The fourth-order valence-electron chi connectivity index (χ4n) is 4.08. The summed E-state index contributed by atoms with van der Waals surface area (Å²) >= 11 is 0. The Labute approximate surface area is 144 Å². The summed E-state index contributed by atoms with van der Waals surface area (Å²) in [6, 6.07) is 3.35. The van der Waals surface area contributed by atoms with Crippen LogP contribution in [0, 0.1) is 17.7 Å². The molecule has 1 saturated carbocycles. The van der Waals surface area contributed by atoms with E-state index in [-0.39, 0.29) is 5.82 Å². The first kappa shape index (κ1) is 15.0. The molecule has 0 bridgehead atoms. The molecule has 3 atom stereocenters. The fourth-order valence-corrected chi connectivity index (χ4v) is 4.08. The van der Waals surface area contributed by atoms with E-state index in [4.69, 9.17) is 0 Å². The van der Waals surface area contributed by atoms with Crippen molar-refractivity contribution in [3.8, 4) is 11.1 Å². The van der Waals surface area contributed by atoms with Crippen molar-refractivity contribution in [2.24, 2.45) is 11.8 Å². The van der Waals surface area contributed by atoms with Crippen LogP contribution in [0.15, 0.2) is 24.5 Å². The quantitative estimate of drug-likeness (QED) is 0.779. The molecule has 3 heterocycles. The molecule has 5 rings (SSSR count). The van der Waals surface area contributed by atoms with Gasteiger partial charge in [0.15, 0.2) is 5.82 Å². The Hall–Kier alpha value is -2.34. The molecule has 1 fully saturated rings. The Kier molecular flexibility index (Phi) is 2.77. The van der Waals surface area contributed by atoms with Crippen molar-refractivity contribution in [2.75, 3.05) is 0 Å². The lowest BCUT2D eigenvalue weighted by Crippen LogP contribution is -2.19. The molecular weight excluding hydrogens is 319 g/mol. The smallest absolute Gasteiger partial charge is 0.159 e. The molecule has 0 amide bonds. The predicted molar refractivity (Wildman–Crippen MR) is 91.4 cm³/mol. The Morgan fingerprint density at radius 3 is 2.64 bits per heavy atom. The topological polar surface area (TPSA) is 63.8 Å². The maximum Gasteiger partial charge on any atom is 0.159 e. The summed E-state index contributed by atoms with van der Waals surface area (Å²) in [6.45, 7) is 6.47. The van der Waals surface area contributed by atoms with Gasteiger partial charge in [0.25, 0.3) is 0 Å². The number of aromatic nitrogens is 4. The molecule has 0 spiro atoms. The van der Waals surface area contributed by atoms with E-state index in [1.807, 2.05) is 6.07 Å². The first-order valence-corrected chi connectivity index (χ1v) is 8.59. The number of benzene rings is 1. The Morgan fingerprint density at radius 2 is 1.96 bits per heavy atom. The zero-order valence-corrected chi connectivity index (χ0v) is 14.4. The monoisotopic (exact) mass is 338 g/mol. The van der Waals surface area contributed by atoms with Crippen molar-refractivity contribution in [2.45, 2.75) is 38.8 Å². The second-order valence-corrected chi connectivity index (χ2v) is 7.80. The number of rotatable bonds is 2. The average Bonchev–Trinajstić information content (AvgIpc) is 2.90. The predicted octanol–water partition coefficient (Wildman–Crippen LogP) is 3.22. The van der Waals surface area contributed by atoms with Gasteiger partial charge in [-0.3, -0.25) is 0 Å². The number of nitrogens with zero attached hydrogens (tertiary/aromatic N) is 4. The second kappa shape index (κ2) is 4.64. The molecule has 128 valence electrons. The van der Waals surface area contributed by atoms with Gasteiger partial charge in [-0.05, 0) is 31.7 Å². The van der Waals surface area contributed by atoms with Crippen molar-refractivity contribution in [3.05, 3.63) is 42.0 Å². The molecule has 0 saturated heterocycles. The molecule has 1 aromatic carbocycles.